The van der Waals surface area contributed by atoms with Crippen LogP contribution >= 0.6 is 11.8 Å². The number of halogens is 3. The molecule has 3 nitrogen and oxygen atoms in total. The highest BCUT2D eigenvalue weighted by atomic mass is 32.2. The van der Waals surface area contributed by atoms with Gasteiger partial charge in [-0.05, 0) is 37.6 Å². The minimum Gasteiger partial charge on any atom is -0.354 e. The zero-order valence-electron chi connectivity index (χ0n) is 9.69. The van der Waals surface area contributed by atoms with Gasteiger partial charge in [0.25, 0.3) is 0 Å². The van der Waals surface area contributed by atoms with Gasteiger partial charge in [0.1, 0.15) is 0 Å². The highest BCUT2D eigenvalue weighted by Crippen LogP contribution is 2.29. The van der Waals surface area contributed by atoms with Crippen LogP contribution in [-0.4, -0.2) is 35.8 Å². The fourth-order valence-corrected chi connectivity index (χ4v) is 2.40. The molecular weight excluding hydrogens is 253 g/mol. The average molecular weight is 270 g/mol. The van der Waals surface area contributed by atoms with Crippen molar-refractivity contribution in [2.75, 3.05) is 18.8 Å². The Morgan fingerprint density at radius 1 is 1.53 bits per heavy atom. The zero-order valence-corrected chi connectivity index (χ0v) is 10.5. The number of hydrogen-bond donors (Lipinski definition) is 2. The Hall–Kier alpha value is -0.430. The van der Waals surface area contributed by atoms with Gasteiger partial charge in [0.15, 0.2) is 0 Å². The van der Waals surface area contributed by atoms with Crippen molar-refractivity contribution in [2.45, 2.75) is 37.2 Å². The van der Waals surface area contributed by atoms with E-state index < -0.39 is 11.0 Å². The highest BCUT2D eigenvalue weighted by molar-refractivity contribution is 8.00. The van der Waals surface area contributed by atoms with Gasteiger partial charge in [-0.15, -0.1) is 0 Å². The Morgan fingerprint density at radius 2 is 2.24 bits per heavy atom. The van der Waals surface area contributed by atoms with Crippen molar-refractivity contribution >= 4 is 17.7 Å². The van der Waals surface area contributed by atoms with E-state index in [9.17, 15) is 18.0 Å². The summed E-state index contributed by atoms with van der Waals surface area (Å²) in [6, 6.07) is 0. The third-order valence-corrected chi connectivity index (χ3v) is 3.67. The lowest BCUT2D eigenvalue weighted by molar-refractivity contribution is -0.127. The van der Waals surface area contributed by atoms with Crippen LogP contribution in [0.15, 0.2) is 0 Å². The minimum absolute atomic E-state index is 0.0481. The molecule has 1 aliphatic rings. The molecule has 0 bridgehead atoms. The summed E-state index contributed by atoms with van der Waals surface area (Å²) in [6.45, 7) is 2.74. The van der Waals surface area contributed by atoms with E-state index in [1.54, 1.807) is 0 Å². The normalized spacial score (nSPS) is 24.9. The first-order valence-corrected chi connectivity index (χ1v) is 6.62. The van der Waals surface area contributed by atoms with Gasteiger partial charge in [-0.1, -0.05) is 6.92 Å². The standard InChI is InChI=1S/C10H17F3N2OS/c1-2-9(4-3-5-15-9)8(16)14-6-7-17-10(11,12)13/h15H,2-7H2,1H3,(H,14,16). The van der Waals surface area contributed by atoms with Crippen LogP contribution in [-0.2, 0) is 4.79 Å². The quantitative estimate of drug-likeness (QED) is 0.750. The number of carbonyl (C=O) groups excluding carboxylic acids is 1. The molecule has 0 aromatic heterocycles. The number of alkyl halides is 3. The number of hydrogen-bond acceptors (Lipinski definition) is 3. The fourth-order valence-electron chi connectivity index (χ4n) is 1.96. The van der Waals surface area contributed by atoms with Crippen molar-refractivity contribution < 1.29 is 18.0 Å². The molecule has 100 valence electrons. The summed E-state index contributed by atoms with van der Waals surface area (Å²) >= 11 is -0.111. The molecule has 0 spiro atoms. The molecule has 1 rings (SSSR count). The maximum Gasteiger partial charge on any atom is 0.441 e. The van der Waals surface area contributed by atoms with Crippen molar-refractivity contribution in [1.29, 1.82) is 0 Å². The third-order valence-electron chi connectivity index (χ3n) is 2.94. The minimum atomic E-state index is -4.22. The first-order chi connectivity index (χ1) is 7.90. The van der Waals surface area contributed by atoms with Crippen LogP contribution in [0.1, 0.15) is 26.2 Å². The SMILES string of the molecule is CCC1(C(=O)NCCSC(F)(F)F)CCCN1. The van der Waals surface area contributed by atoms with E-state index in [0.717, 1.165) is 19.4 Å². The maximum atomic E-state index is 11.9. The molecule has 1 fully saturated rings. The number of amides is 1. The molecule has 1 aliphatic heterocycles. The van der Waals surface area contributed by atoms with Gasteiger partial charge < -0.3 is 10.6 Å². The summed E-state index contributed by atoms with van der Waals surface area (Å²) in [6.07, 6.45) is 2.34. The largest absolute Gasteiger partial charge is 0.441 e. The molecular formula is C10H17F3N2OS. The molecule has 1 heterocycles. The van der Waals surface area contributed by atoms with Crippen molar-refractivity contribution in [3.05, 3.63) is 0 Å². The molecule has 0 aromatic rings. The van der Waals surface area contributed by atoms with E-state index in [4.69, 9.17) is 0 Å². The lowest BCUT2D eigenvalue weighted by Crippen LogP contribution is -2.53. The monoisotopic (exact) mass is 270 g/mol. The Balaban J connectivity index is 2.29. The number of thioether (sulfide) groups is 1. The van der Waals surface area contributed by atoms with Gasteiger partial charge in [0, 0.05) is 12.3 Å². The van der Waals surface area contributed by atoms with Gasteiger partial charge in [0.2, 0.25) is 5.91 Å². The van der Waals surface area contributed by atoms with Gasteiger partial charge in [-0.2, -0.15) is 13.2 Å². The number of carbonyl (C=O) groups is 1. The average Bonchev–Trinajstić information content (AvgIpc) is 2.72. The number of nitrogens with one attached hydrogen (secondary N) is 2. The summed E-state index contributed by atoms with van der Waals surface area (Å²) in [5, 5.41) is 5.70. The van der Waals surface area contributed by atoms with Crippen LogP contribution in [0, 0.1) is 0 Å². The summed E-state index contributed by atoms with van der Waals surface area (Å²) in [7, 11) is 0. The van der Waals surface area contributed by atoms with E-state index in [-0.39, 0.29) is 30.0 Å². The molecule has 1 atom stereocenters. The molecule has 0 saturated carbocycles. The Morgan fingerprint density at radius 3 is 2.71 bits per heavy atom. The second-order valence-electron chi connectivity index (χ2n) is 4.02. The van der Waals surface area contributed by atoms with Crippen LogP contribution < -0.4 is 10.6 Å². The van der Waals surface area contributed by atoms with Crippen LogP contribution in [0.4, 0.5) is 13.2 Å². The van der Waals surface area contributed by atoms with Crippen LogP contribution in [0.2, 0.25) is 0 Å². The van der Waals surface area contributed by atoms with Gasteiger partial charge >= 0.3 is 5.51 Å². The third kappa shape index (κ3) is 4.39. The van der Waals surface area contributed by atoms with Gasteiger partial charge in [-0.3, -0.25) is 4.79 Å². The van der Waals surface area contributed by atoms with Crippen LogP contribution in [0.5, 0.6) is 0 Å². The van der Waals surface area contributed by atoms with E-state index in [1.165, 1.54) is 0 Å². The molecule has 0 radical (unpaired) electrons. The smallest absolute Gasteiger partial charge is 0.354 e. The summed E-state index contributed by atoms with van der Waals surface area (Å²) in [5.41, 5.74) is -4.79. The highest BCUT2D eigenvalue weighted by Gasteiger charge is 2.38. The van der Waals surface area contributed by atoms with Crippen molar-refractivity contribution in [3.8, 4) is 0 Å². The Kier molecular flexibility index (Phi) is 5.12. The summed E-state index contributed by atoms with van der Waals surface area (Å²) < 4.78 is 35.6. The van der Waals surface area contributed by atoms with E-state index >= 15 is 0 Å². The molecule has 7 heteroatoms. The predicted octanol–water partition coefficient (Wildman–Crippen LogP) is 1.89. The summed E-state index contributed by atoms with van der Waals surface area (Å²) in [5.74, 6) is -0.324. The Bertz CT molecular complexity index is 265. The van der Waals surface area contributed by atoms with Crippen LogP contribution in [0.3, 0.4) is 0 Å². The molecule has 1 unspecified atom stereocenters. The predicted molar refractivity (Wildman–Crippen MR) is 61.8 cm³/mol. The molecule has 0 aromatic carbocycles. The zero-order chi connectivity index (χ0) is 12.9. The van der Waals surface area contributed by atoms with Crippen molar-refractivity contribution in [3.63, 3.8) is 0 Å². The maximum absolute atomic E-state index is 11.9. The Labute approximate surface area is 103 Å². The summed E-state index contributed by atoms with van der Waals surface area (Å²) in [4.78, 5) is 11.9. The lowest BCUT2D eigenvalue weighted by atomic mass is 9.93. The molecule has 1 amide bonds. The van der Waals surface area contributed by atoms with E-state index in [0.29, 0.717) is 6.42 Å². The van der Waals surface area contributed by atoms with Gasteiger partial charge in [-0.25, -0.2) is 0 Å². The first kappa shape index (κ1) is 14.6. The molecule has 1 saturated heterocycles. The molecule has 2 N–H and O–H groups in total. The molecule has 0 aliphatic carbocycles. The second-order valence-corrected chi connectivity index (χ2v) is 5.18. The lowest BCUT2D eigenvalue weighted by Gasteiger charge is -2.26. The first-order valence-electron chi connectivity index (χ1n) is 5.64. The van der Waals surface area contributed by atoms with E-state index in [1.807, 2.05) is 6.92 Å². The molecule has 17 heavy (non-hydrogen) atoms. The van der Waals surface area contributed by atoms with Crippen molar-refractivity contribution in [1.82, 2.24) is 10.6 Å². The number of rotatable bonds is 5. The van der Waals surface area contributed by atoms with Crippen molar-refractivity contribution in [2.24, 2.45) is 0 Å². The topological polar surface area (TPSA) is 41.1 Å². The van der Waals surface area contributed by atoms with E-state index in [2.05, 4.69) is 10.6 Å². The van der Waals surface area contributed by atoms with Gasteiger partial charge in [0.05, 0.1) is 5.54 Å². The second kappa shape index (κ2) is 5.95. The van der Waals surface area contributed by atoms with Crippen LogP contribution in [0.25, 0.3) is 0 Å². The fraction of sp³-hybridized carbons (Fsp3) is 0.900.